The van der Waals surface area contributed by atoms with Crippen LogP contribution in [0, 0.1) is 6.92 Å². The van der Waals surface area contributed by atoms with Crippen LogP contribution in [0.1, 0.15) is 37.0 Å². The van der Waals surface area contributed by atoms with E-state index in [0.717, 1.165) is 24.9 Å². The van der Waals surface area contributed by atoms with Gasteiger partial charge in [0.2, 0.25) is 0 Å². The molecule has 0 fully saturated rings. The zero-order chi connectivity index (χ0) is 16.2. The minimum Gasteiger partial charge on any atom is -0.362 e. The molecular weight excluding hydrogens is 294 g/mol. The molecule has 6 heteroatoms. The van der Waals surface area contributed by atoms with E-state index in [1.165, 1.54) is 5.56 Å². The number of amides is 1. The predicted molar refractivity (Wildman–Crippen MR) is 85.0 cm³/mol. The van der Waals surface area contributed by atoms with Crippen LogP contribution in [0.5, 0.6) is 0 Å². The molecule has 0 radical (unpaired) electrons. The smallest absolute Gasteiger partial charge is 0.253 e. The second-order valence-corrected chi connectivity index (χ2v) is 5.72. The molecule has 122 valence electrons. The average Bonchev–Trinajstić information content (AvgIpc) is 2.98. The minimum atomic E-state index is -0.0276. The van der Waals surface area contributed by atoms with Crippen molar-refractivity contribution in [3.8, 4) is 0 Å². The average molecular weight is 315 g/mol. The van der Waals surface area contributed by atoms with Crippen LogP contribution in [-0.4, -0.2) is 28.7 Å². The number of ether oxygens (including phenoxy) is 1. The first-order valence-electron chi connectivity index (χ1n) is 7.96. The molecule has 1 aromatic carbocycles. The highest BCUT2D eigenvalue weighted by Crippen LogP contribution is 2.31. The zero-order valence-electron chi connectivity index (χ0n) is 13.5. The van der Waals surface area contributed by atoms with Crippen molar-refractivity contribution in [1.82, 2.24) is 10.1 Å². The van der Waals surface area contributed by atoms with E-state index in [-0.39, 0.29) is 25.2 Å². The Morgan fingerprint density at radius 1 is 1.43 bits per heavy atom. The summed E-state index contributed by atoms with van der Waals surface area (Å²) < 4.78 is 10.4. The van der Waals surface area contributed by atoms with Gasteiger partial charge >= 0.3 is 0 Å². The van der Waals surface area contributed by atoms with E-state index in [9.17, 15) is 4.79 Å². The molecule has 0 bridgehead atoms. The van der Waals surface area contributed by atoms with E-state index in [2.05, 4.69) is 23.1 Å². The molecule has 3 rings (SSSR count). The molecular formula is C17H21N3O3. The van der Waals surface area contributed by atoms with Crippen LogP contribution in [0.4, 0.5) is 5.69 Å². The molecule has 1 atom stereocenters. The number of aryl methyl sites for hydroxylation is 2. The topological polar surface area (TPSA) is 68.5 Å². The Hall–Kier alpha value is -2.21. The number of benzene rings is 1. The number of rotatable bonds is 5. The molecule has 0 unspecified atom stereocenters. The third-order valence-corrected chi connectivity index (χ3v) is 4.12. The van der Waals surface area contributed by atoms with Crippen LogP contribution in [0.3, 0.4) is 0 Å². The first kappa shape index (κ1) is 15.7. The van der Waals surface area contributed by atoms with Crippen molar-refractivity contribution in [2.45, 2.75) is 45.8 Å². The van der Waals surface area contributed by atoms with Gasteiger partial charge in [-0.2, -0.15) is 4.98 Å². The van der Waals surface area contributed by atoms with Gasteiger partial charge in [-0.1, -0.05) is 30.3 Å². The maximum absolute atomic E-state index is 12.7. The fraction of sp³-hybridized carbons (Fsp3) is 0.471. The lowest BCUT2D eigenvalue weighted by molar-refractivity contribution is -0.124. The van der Waals surface area contributed by atoms with E-state index < -0.39 is 0 Å². The lowest BCUT2D eigenvalue weighted by atomic mass is 9.94. The molecule has 0 N–H and O–H groups in total. The molecule has 6 nitrogen and oxygen atoms in total. The molecule has 1 aliphatic rings. The lowest BCUT2D eigenvalue weighted by Crippen LogP contribution is -2.45. The van der Waals surface area contributed by atoms with Crippen molar-refractivity contribution in [3.63, 3.8) is 0 Å². The van der Waals surface area contributed by atoms with Crippen LogP contribution in [0.15, 0.2) is 28.8 Å². The van der Waals surface area contributed by atoms with Crippen molar-refractivity contribution in [2.75, 3.05) is 11.5 Å². The molecule has 1 aliphatic heterocycles. The number of carbonyl (C=O) groups is 1. The molecule has 23 heavy (non-hydrogen) atoms. The first-order valence-corrected chi connectivity index (χ1v) is 7.96. The van der Waals surface area contributed by atoms with Gasteiger partial charge in [-0.15, -0.1) is 0 Å². The standard InChI is InChI=1S/C17H21N3O3/c1-3-14-9-8-13-6-4-5-7-15(13)20(14)17(21)11-22-10-16-18-12(2)19-23-16/h4-7,14H,3,8-11H2,1-2H3/t14-/m1/s1. The summed E-state index contributed by atoms with van der Waals surface area (Å²) in [6.45, 7) is 4.01. The molecule has 0 saturated carbocycles. The number of hydrogen-bond acceptors (Lipinski definition) is 5. The van der Waals surface area contributed by atoms with Crippen LogP contribution in [-0.2, 0) is 22.6 Å². The van der Waals surface area contributed by atoms with Crippen LogP contribution in [0.25, 0.3) is 0 Å². The number of nitrogens with zero attached hydrogens (tertiary/aromatic N) is 3. The van der Waals surface area contributed by atoms with Gasteiger partial charge in [0.15, 0.2) is 5.82 Å². The van der Waals surface area contributed by atoms with Crippen molar-refractivity contribution >= 4 is 11.6 Å². The van der Waals surface area contributed by atoms with Gasteiger partial charge < -0.3 is 14.2 Å². The van der Waals surface area contributed by atoms with E-state index >= 15 is 0 Å². The predicted octanol–water partition coefficient (Wildman–Crippen LogP) is 2.65. The highest BCUT2D eigenvalue weighted by molar-refractivity contribution is 5.96. The Labute approximate surface area is 135 Å². The van der Waals surface area contributed by atoms with E-state index in [1.54, 1.807) is 6.92 Å². The van der Waals surface area contributed by atoms with E-state index in [1.807, 2.05) is 23.1 Å². The molecule has 2 aromatic rings. The van der Waals surface area contributed by atoms with E-state index in [0.29, 0.717) is 11.7 Å². The summed E-state index contributed by atoms with van der Waals surface area (Å²) in [5, 5.41) is 3.70. The molecule has 1 aromatic heterocycles. The molecule has 0 saturated heterocycles. The second-order valence-electron chi connectivity index (χ2n) is 5.72. The summed E-state index contributed by atoms with van der Waals surface area (Å²) in [5.41, 5.74) is 2.23. The molecule has 1 amide bonds. The molecule has 2 heterocycles. The Bertz CT molecular complexity index is 683. The fourth-order valence-electron chi connectivity index (χ4n) is 3.02. The Kier molecular flexibility index (Phi) is 4.71. The monoisotopic (exact) mass is 315 g/mol. The summed E-state index contributed by atoms with van der Waals surface area (Å²) in [7, 11) is 0. The zero-order valence-corrected chi connectivity index (χ0v) is 13.5. The van der Waals surface area contributed by atoms with Gasteiger partial charge in [0, 0.05) is 11.7 Å². The Morgan fingerprint density at radius 2 is 2.26 bits per heavy atom. The van der Waals surface area contributed by atoms with E-state index in [4.69, 9.17) is 9.26 Å². The van der Waals surface area contributed by atoms with Crippen molar-refractivity contribution in [1.29, 1.82) is 0 Å². The lowest BCUT2D eigenvalue weighted by Gasteiger charge is -2.36. The SMILES string of the molecule is CC[C@@H]1CCc2ccccc2N1C(=O)COCc1nc(C)no1. The van der Waals surface area contributed by atoms with Crippen LogP contribution >= 0.6 is 0 Å². The highest BCUT2D eigenvalue weighted by Gasteiger charge is 2.29. The van der Waals surface area contributed by atoms with Gasteiger partial charge in [0.25, 0.3) is 11.8 Å². The Balaban J connectivity index is 1.67. The number of hydrogen-bond donors (Lipinski definition) is 0. The van der Waals surface area contributed by atoms with Crippen molar-refractivity contribution < 1.29 is 14.1 Å². The van der Waals surface area contributed by atoms with Crippen molar-refractivity contribution in [2.24, 2.45) is 0 Å². The van der Waals surface area contributed by atoms with Gasteiger partial charge in [-0.3, -0.25) is 4.79 Å². The summed E-state index contributed by atoms with van der Waals surface area (Å²) in [6, 6.07) is 8.31. The maximum atomic E-state index is 12.7. The van der Waals surface area contributed by atoms with Gasteiger partial charge in [-0.05, 0) is 37.8 Å². The summed E-state index contributed by atoms with van der Waals surface area (Å²) >= 11 is 0. The highest BCUT2D eigenvalue weighted by atomic mass is 16.5. The summed E-state index contributed by atoms with van der Waals surface area (Å²) in [6.07, 6.45) is 2.94. The van der Waals surface area contributed by atoms with Gasteiger partial charge in [-0.25, -0.2) is 0 Å². The minimum absolute atomic E-state index is 0.00621. The fourth-order valence-corrected chi connectivity index (χ4v) is 3.02. The quantitative estimate of drug-likeness (QED) is 0.848. The summed E-state index contributed by atoms with van der Waals surface area (Å²) in [4.78, 5) is 18.6. The van der Waals surface area contributed by atoms with Gasteiger partial charge in [0.05, 0.1) is 0 Å². The normalized spacial score (nSPS) is 17.1. The summed E-state index contributed by atoms with van der Waals surface area (Å²) in [5.74, 6) is 0.924. The Morgan fingerprint density at radius 3 is 3.00 bits per heavy atom. The first-order chi connectivity index (χ1) is 11.2. The maximum Gasteiger partial charge on any atom is 0.253 e. The second kappa shape index (κ2) is 6.91. The number of aromatic nitrogens is 2. The third kappa shape index (κ3) is 3.42. The number of anilines is 1. The molecule has 0 aliphatic carbocycles. The largest absolute Gasteiger partial charge is 0.362 e. The van der Waals surface area contributed by atoms with Crippen molar-refractivity contribution in [3.05, 3.63) is 41.5 Å². The number of carbonyl (C=O) groups excluding carboxylic acids is 1. The number of fused-ring (bicyclic) bond motifs is 1. The van der Waals surface area contributed by atoms with Crippen LogP contribution in [0.2, 0.25) is 0 Å². The number of para-hydroxylation sites is 1. The third-order valence-electron chi connectivity index (χ3n) is 4.12. The van der Waals surface area contributed by atoms with Gasteiger partial charge in [0.1, 0.15) is 13.2 Å². The van der Waals surface area contributed by atoms with Crippen LogP contribution < -0.4 is 4.90 Å². The molecule has 0 spiro atoms.